The quantitative estimate of drug-likeness (QED) is 0.838. The fourth-order valence-electron chi connectivity index (χ4n) is 2.22. The van der Waals surface area contributed by atoms with E-state index in [2.05, 4.69) is 10.6 Å². The predicted molar refractivity (Wildman–Crippen MR) is 71.8 cm³/mol. The number of amides is 1. The van der Waals surface area contributed by atoms with Crippen molar-refractivity contribution in [2.45, 2.75) is 19.3 Å². The molecule has 4 heteroatoms. The third-order valence-electron chi connectivity index (χ3n) is 3.30. The van der Waals surface area contributed by atoms with Gasteiger partial charge in [0.15, 0.2) is 0 Å². The zero-order valence-electron chi connectivity index (χ0n) is 10.7. The lowest BCUT2D eigenvalue weighted by Crippen LogP contribution is -2.15. The van der Waals surface area contributed by atoms with Crippen LogP contribution < -0.4 is 15.4 Å². The molecule has 1 saturated heterocycles. The van der Waals surface area contributed by atoms with Crippen LogP contribution in [-0.4, -0.2) is 26.1 Å². The van der Waals surface area contributed by atoms with Crippen LogP contribution in [0.5, 0.6) is 5.75 Å². The fraction of sp³-hybridized carbons (Fsp3) is 0.500. The van der Waals surface area contributed by atoms with E-state index < -0.39 is 0 Å². The van der Waals surface area contributed by atoms with Gasteiger partial charge in [0.05, 0.1) is 7.11 Å². The fourth-order valence-corrected chi connectivity index (χ4v) is 2.22. The van der Waals surface area contributed by atoms with Gasteiger partial charge in [-0.1, -0.05) is 6.07 Å². The van der Waals surface area contributed by atoms with Crippen molar-refractivity contribution in [1.29, 1.82) is 0 Å². The van der Waals surface area contributed by atoms with Gasteiger partial charge in [-0.15, -0.1) is 0 Å². The summed E-state index contributed by atoms with van der Waals surface area (Å²) >= 11 is 0. The molecule has 98 valence electrons. The molecular formula is C14H20N2O2. The molecule has 1 atom stereocenters. The molecule has 1 unspecified atom stereocenters. The summed E-state index contributed by atoms with van der Waals surface area (Å²) in [4.78, 5) is 11.8. The number of rotatable bonds is 5. The molecule has 2 N–H and O–H groups in total. The third-order valence-corrected chi connectivity index (χ3v) is 3.30. The minimum absolute atomic E-state index is 0.0788. The molecule has 0 bridgehead atoms. The maximum Gasteiger partial charge on any atom is 0.224 e. The van der Waals surface area contributed by atoms with Gasteiger partial charge in [0.2, 0.25) is 5.91 Å². The highest BCUT2D eigenvalue weighted by Crippen LogP contribution is 2.18. The minimum atomic E-state index is 0.0788. The predicted octanol–water partition coefficient (Wildman–Crippen LogP) is 2.02. The number of anilines is 1. The van der Waals surface area contributed by atoms with E-state index in [1.54, 1.807) is 7.11 Å². The van der Waals surface area contributed by atoms with Gasteiger partial charge in [0.1, 0.15) is 5.75 Å². The first-order valence-corrected chi connectivity index (χ1v) is 6.42. The van der Waals surface area contributed by atoms with Gasteiger partial charge in [-0.2, -0.15) is 0 Å². The smallest absolute Gasteiger partial charge is 0.224 e. The molecule has 1 heterocycles. The van der Waals surface area contributed by atoms with Crippen molar-refractivity contribution in [3.8, 4) is 5.75 Å². The number of methoxy groups -OCH3 is 1. The number of carbonyl (C=O) groups excluding carboxylic acids is 1. The molecule has 1 aliphatic rings. The molecule has 0 aliphatic carbocycles. The van der Waals surface area contributed by atoms with Crippen LogP contribution >= 0.6 is 0 Å². The number of benzene rings is 1. The highest BCUT2D eigenvalue weighted by atomic mass is 16.5. The lowest BCUT2D eigenvalue weighted by atomic mass is 10.0. The normalized spacial score (nSPS) is 18.6. The van der Waals surface area contributed by atoms with Crippen molar-refractivity contribution in [3.05, 3.63) is 24.3 Å². The molecule has 0 radical (unpaired) electrons. The third kappa shape index (κ3) is 3.74. The Labute approximate surface area is 108 Å². The Morgan fingerprint density at radius 1 is 1.56 bits per heavy atom. The Bertz CT molecular complexity index is 401. The Balaban J connectivity index is 1.78. The molecule has 18 heavy (non-hydrogen) atoms. The largest absolute Gasteiger partial charge is 0.497 e. The Morgan fingerprint density at radius 3 is 3.17 bits per heavy atom. The number of carbonyl (C=O) groups is 1. The minimum Gasteiger partial charge on any atom is -0.497 e. The summed E-state index contributed by atoms with van der Waals surface area (Å²) in [6, 6.07) is 7.43. The van der Waals surface area contributed by atoms with E-state index in [1.807, 2.05) is 24.3 Å². The van der Waals surface area contributed by atoms with Gasteiger partial charge in [0, 0.05) is 18.2 Å². The summed E-state index contributed by atoms with van der Waals surface area (Å²) in [5, 5.41) is 6.21. The van der Waals surface area contributed by atoms with E-state index in [9.17, 15) is 4.79 Å². The highest BCUT2D eigenvalue weighted by molar-refractivity contribution is 5.90. The first kappa shape index (κ1) is 12.9. The molecule has 0 spiro atoms. The monoisotopic (exact) mass is 248 g/mol. The Hall–Kier alpha value is -1.55. The van der Waals surface area contributed by atoms with Crippen LogP contribution in [0.4, 0.5) is 5.69 Å². The maximum atomic E-state index is 11.8. The summed E-state index contributed by atoms with van der Waals surface area (Å²) in [7, 11) is 1.62. The topological polar surface area (TPSA) is 50.4 Å². The molecule has 2 rings (SSSR count). The van der Waals surface area contributed by atoms with Crippen LogP contribution in [0.1, 0.15) is 19.3 Å². The average Bonchev–Trinajstić information content (AvgIpc) is 2.90. The van der Waals surface area contributed by atoms with Crippen LogP contribution in [0, 0.1) is 5.92 Å². The number of nitrogens with one attached hydrogen (secondary N) is 2. The van der Waals surface area contributed by atoms with Crippen molar-refractivity contribution < 1.29 is 9.53 Å². The van der Waals surface area contributed by atoms with Gasteiger partial charge >= 0.3 is 0 Å². The SMILES string of the molecule is COc1cccc(NC(=O)CCC2CCNC2)c1. The molecule has 1 fully saturated rings. The highest BCUT2D eigenvalue weighted by Gasteiger charge is 2.15. The lowest BCUT2D eigenvalue weighted by Gasteiger charge is -2.09. The van der Waals surface area contributed by atoms with E-state index in [4.69, 9.17) is 4.74 Å². The Morgan fingerprint density at radius 2 is 2.44 bits per heavy atom. The van der Waals surface area contributed by atoms with Crippen molar-refractivity contribution in [1.82, 2.24) is 5.32 Å². The average molecular weight is 248 g/mol. The first-order valence-electron chi connectivity index (χ1n) is 6.42. The van der Waals surface area contributed by atoms with Gasteiger partial charge in [-0.25, -0.2) is 0 Å². The van der Waals surface area contributed by atoms with Crippen LogP contribution in [0.2, 0.25) is 0 Å². The first-order chi connectivity index (χ1) is 8.78. The molecule has 1 amide bonds. The van der Waals surface area contributed by atoms with Crippen LogP contribution in [-0.2, 0) is 4.79 Å². The summed E-state index contributed by atoms with van der Waals surface area (Å²) in [6.45, 7) is 2.13. The number of hydrogen-bond acceptors (Lipinski definition) is 3. The molecule has 0 aromatic heterocycles. The standard InChI is InChI=1S/C14H20N2O2/c1-18-13-4-2-3-12(9-13)16-14(17)6-5-11-7-8-15-10-11/h2-4,9,11,15H,5-8,10H2,1H3,(H,16,17). The number of ether oxygens (including phenoxy) is 1. The second-order valence-electron chi connectivity index (χ2n) is 4.68. The van der Waals surface area contributed by atoms with Gasteiger partial charge in [0.25, 0.3) is 0 Å². The van der Waals surface area contributed by atoms with Crippen LogP contribution in [0.15, 0.2) is 24.3 Å². The van der Waals surface area contributed by atoms with E-state index in [1.165, 1.54) is 6.42 Å². The summed E-state index contributed by atoms with van der Waals surface area (Å²) < 4.78 is 5.12. The van der Waals surface area contributed by atoms with Crippen molar-refractivity contribution in [2.24, 2.45) is 5.92 Å². The van der Waals surface area contributed by atoms with E-state index in [0.29, 0.717) is 12.3 Å². The van der Waals surface area contributed by atoms with E-state index in [-0.39, 0.29) is 5.91 Å². The lowest BCUT2D eigenvalue weighted by molar-refractivity contribution is -0.116. The molecule has 0 saturated carbocycles. The number of hydrogen-bond donors (Lipinski definition) is 2. The zero-order valence-corrected chi connectivity index (χ0v) is 10.7. The molecular weight excluding hydrogens is 228 g/mol. The molecule has 1 aliphatic heterocycles. The van der Waals surface area contributed by atoms with Gasteiger partial charge < -0.3 is 15.4 Å². The summed E-state index contributed by atoms with van der Waals surface area (Å²) in [6.07, 6.45) is 2.73. The maximum absolute atomic E-state index is 11.8. The van der Waals surface area contributed by atoms with Gasteiger partial charge in [-0.3, -0.25) is 4.79 Å². The summed E-state index contributed by atoms with van der Waals surface area (Å²) in [5.41, 5.74) is 0.795. The Kier molecular flexibility index (Phi) is 4.59. The van der Waals surface area contributed by atoms with Gasteiger partial charge in [-0.05, 0) is 44.0 Å². The van der Waals surface area contributed by atoms with Crippen LogP contribution in [0.3, 0.4) is 0 Å². The van der Waals surface area contributed by atoms with Crippen molar-refractivity contribution in [3.63, 3.8) is 0 Å². The molecule has 4 nitrogen and oxygen atoms in total. The van der Waals surface area contributed by atoms with Crippen molar-refractivity contribution >= 4 is 11.6 Å². The van der Waals surface area contributed by atoms with E-state index >= 15 is 0 Å². The van der Waals surface area contributed by atoms with Crippen molar-refractivity contribution in [2.75, 3.05) is 25.5 Å². The zero-order chi connectivity index (χ0) is 12.8. The molecule has 1 aromatic rings. The van der Waals surface area contributed by atoms with E-state index in [0.717, 1.165) is 30.9 Å². The molecule has 1 aromatic carbocycles. The van der Waals surface area contributed by atoms with Crippen LogP contribution in [0.25, 0.3) is 0 Å². The second kappa shape index (κ2) is 6.40. The second-order valence-corrected chi connectivity index (χ2v) is 4.68. The summed E-state index contributed by atoms with van der Waals surface area (Å²) in [5.74, 6) is 1.49.